The van der Waals surface area contributed by atoms with Crippen LogP contribution in [0.3, 0.4) is 0 Å². The average Bonchev–Trinajstić information content (AvgIpc) is 2.77. The maximum Gasteiger partial charge on any atom is 0.435 e. The zero-order valence-electron chi connectivity index (χ0n) is 10.8. The number of carbonyl (C=O) groups excluding carboxylic acids is 1. The number of oxime groups is 1. The molecule has 96 valence electrons. The molecule has 1 aliphatic rings. The Bertz CT molecular complexity index is 495. The Morgan fingerprint density at radius 3 is 2.78 bits per heavy atom. The highest BCUT2D eigenvalue weighted by atomic mass is 16.7. The standard InChI is InChI=1S/C13H16N2O3/c1-15(2)13(16)18-14-12-7-4-9-8-10(17-3)5-6-11(9)12/h5-6,8H,4,7H2,1-3H3/b14-12-. The molecule has 0 aromatic heterocycles. The number of amides is 1. The number of aryl methyl sites for hydroxylation is 1. The lowest BCUT2D eigenvalue weighted by atomic mass is 10.1. The summed E-state index contributed by atoms with van der Waals surface area (Å²) in [4.78, 5) is 17.5. The fourth-order valence-electron chi connectivity index (χ4n) is 1.84. The fraction of sp³-hybridized carbons (Fsp3) is 0.385. The molecule has 18 heavy (non-hydrogen) atoms. The van der Waals surface area contributed by atoms with Crippen molar-refractivity contribution < 1.29 is 14.4 Å². The highest BCUT2D eigenvalue weighted by molar-refractivity contribution is 6.04. The van der Waals surface area contributed by atoms with Crippen molar-refractivity contribution in [2.75, 3.05) is 21.2 Å². The Balaban J connectivity index is 2.16. The third-order valence-corrected chi connectivity index (χ3v) is 2.85. The highest BCUT2D eigenvalue weighted by Crippen LogP contribution is 2.26. The molecule has 0 heterocycles. The quantitative estimate of drug-likeness (QED) is 0.594. The monoisotopic (exact) mass is 248 g/mol. The van der Waals surface area contributed by atoms with Crippen molar-refractivity contribution in [3.05, 3.63) is 29.3 Å². The predicted molar refractivity (Wildman–Crippen MR) is 68.0 cm³/mol. The Morgan fingerprint density at radius 1 is 1.33 bits per heavy atom. The third-order valence-electron chi connectivity index (χ3n) is 2.85. The molecule has 0 saturated heterocycles. The first-order valence-electron chi connectivity index (χ1n) is 5.74. The van der Waals surface area contributed by atoms with Crippen LogP contribution in [0.2, 0.25) is 0 Å². The number of nitrogens with zero attached hydrogens (tertiary/aromatic N) is 2. The number of hydrogen-bond acceptors (Lipinski definition) is 4. The maximum atomic E-state index is 11.3. The van der Waals surface area contributed by atoms with Gasteiger partial charge in [-0.2, -0.15) is 0 Å². The lowest BCUT2D eigenvalue weighted by Gasteiger charge is -2.07. The second-order valence-corrected chi connectivity index (χ2v) is 4.31. The van der Waals surface area contributed by atoms with E-state index in [1.54, 1.807) is 21.2 Å². The van der Waals surface area contributed by atoms with Crippen molar-refractivity contribution in [1.29, 1.82) is 0 Å². The Kier molecular flexibility index (Phi) is 3.50. The van der Waals surface area contributed by atoms with Crippen LogP contribution in [-0.2, 0) is 11.3 Å². The second-order valence-electron chi connectivity index (χ2n) is 4.31. The lowest BCUT2D eigenvalue weighted by Crippen LogP contribution is -2.21. The van der Waals surface area contributed by atoms with Gasteiger partial charge >= 0.3 is 6.09 Å². The van der Waals surface area contributed by atoms with Gasteiger partial charge in [0.05, 0.1) is 12.8 Å². The van der Waals surface area contributed by atoms with Crippen LogP contribution in [-0.4, -0.2) is 37.9 Å². The smallest absolute Gasteiger partial charge is 0.435 e. The van der Waals surface area contributed by atoms with E-state index in [0.717, 1.165) is 29.9 Å². The van der Waals surface area contributed by atoms with Crippen LogP contribution in [0, 0.1) is 0 Å². The average molecular weight is 248 g/mol. The SMILES string of the molecule is COc1ccc2c(c1)CC/C2=N/OC(=O)N(C)C. The van der Waals surface area contributed by atoms with Gasteiger partial charge in [0, 0.05) is 19.7 Å². The summed E-state index contributed by atoms with van der Waals surface area (Å²) in [7, 11) is 4.89. The van der Waals surface area contributed by atoms with Crippen LogP contribution in [0.5, 0.6) is 5.75 Å². The van der Waals surface area contributed by atoms with E-state index in [2.05, 4.69) is 5.16 Å². The number of rotatable bonds is 2. The first-order valence-corrected chi connectivity index (χ1v) is 5.74. The molecule has 0 saturated carbocycles. The number of benzene rings is 1. The van der Waals surface area contributed by atoms with E-state index < -0.39 is 6.09 Å². The van der Waals surface area contributed by atoms with Crippen LogP contribution in [0.25, 0.3) is 0 Å². The number of methoxy groups -OCH3 is 1. The Hall–Kier alpha value is -2.04. The fourth-order valence-corrected chi connectivity index (χ4v) is 1.84. The van der Waals surface area contributed by atoms with Crippen LogP contribution < -0.4 is 4.74 Å². The van der Waals surface area contributed by atoms with Crippen molar-refractivity contribution >= 4 is 11.8 Å². The minimum absolute atomic E-state index is 0.468. The van der Waals surface area contributed by atoms with E-state index in [0.29, 0.717) is 0 Å². The van der Waals surface area contributed by atoms with Gasteiger partial charge in [0.1, 0.15) is 5.75 Å². The number of ether oxygens (including phenoxy) is 1. The molecule has 5 nitrogen and oxygen atoms in total. The number of carbonyl (C=O) groups is 1. The summed E-state index contributed by atoms with van der Waals surface area (Å²) in [6.45, 7) is 0. The molecule has 0 aliphatic heterocycles. The molecule has 0 spiro atoms. The van der Waals surface area contributed by atoms with E-state index in [1.165, 1.54) is 10.5 Å². The molecule has 0 radical (unpaired) electrons. The summed E-state index contributed by atoms with van der Waals surface area (Å²) >= 11 is 0. The predicted octanol–water partition coefficient (Wildman–Crippen LogP) is 2.04. The zero-order valence-corrected chi connectivity index (χ0v) is 10.8. The van der Waals surface area contributed by atoms with Gasteiger partial charge in [-0.15, -0.1) is 0 Å². The molecule has 1 aromatic rings. The van der Waals surface area contributed by atoms with Gasteiger partial charge in [0.15, 0.2) is 0 Å². The molecule has 0 atom stereocenters. The van der Waals surface area contributed by atoms with E-state index in [1.807, 2.05) is 18.2 Å². The van der Waals surface area contributed by atoms with Gasteiger partial charge in [-0.05, 0) is 36.6 Å². The minimum atomic E-state index is -0.468. The molecule has 0 N–H and O–H groups in total. The molecule has 0 unspecified atom stereocenters. The van der Waals surface area contributed by atoms with Crippen molar-refractivity contribution in [2.45, 2.75) is 12.8 Å². The van der Waals surface area contributed by atoms with Crippen molar-refractivity contribution in [2.24, 2.45) is 5.16 Å². The van der Waals surface area contributed by atoms with Gasteiger partial charge in [-0.3, -0.25) is 4.84 Å². The molecular formula is C13H16N2O3. The topological polar surface area (TPSA) is 51.1 Å². The van der Waals surface area contributed by atoms with Crippen LogP contribution in [0.15, 0.2) is 23.4 Å². The minimum Gasteiger partial charge on any atom is -0.497 e. The van der Waals surface area contributed by atoms with E-state index in [9.17, 15) is 4.79 Å². The van der Waals surface area contributed by atoms with Gasteiger partial charge in [0.2, 0.25) is 0 Å². The van der Waals surface area contributed by atoms with Crippen LogP contribution >= 0.6 is 0 Å². The summed E-state index contributed by atoms with van der Waals surface area (Å²) in [6, 6.07) is 5.82. The number of fused-ring (bicyclic) bond motifs is 1. The molecule has 0 bridgehead atoms. The summed E-state index contributed by atoms with van der Waals surface area (Å²) in [6.07, 6.45) is 1.21. The third kappa shape index (κ3) is 2.45. The lowest BCUT2D eigenvalue weighted by molar-refractivity contribution is 0.122. The van der Waals surface area contributed by atoms with Gasteiger partial charge in [-0.1, -0.05) is 5.16 Å². The van der Waals surface area contributed by atoms with Crippen LogP contribution in [0.1, 0.15) is 17.5 Å². The number of hydrogen-bond donors (Lipinski definition) is 0. The largest absolute Gasteiger partial charge is 0.497 e. The molecular weight excluding hydrogens is 232 g/mol. The first kappa shape index (κ1) is 12.4. The van der Waals surface area contributed by atoms with Gasteiger partial charge in [0.25, 0.3) is 0 Å². The Labute approximate surface area is 106 Å². The van der Waals surface area contributed by atoms with Gasteiger partial charge in [-0.25, -0.2) is 4.79 Å². The molecule has 1 aliphatic carbocycles. The maximum absolute atomic E-state index is 11.3. The summed E-state index contributed by atoms with van der Waals surface area (Å²) in [5, 5.41) is 3.93. The highest BCUT2D eigenvalue weighted by Gasteiger charge is 2.19. The molecule has 5 heteroatoms. The Morgan fingerprint density at radius 2 is 2.11 bits per heavy atom. The van der Waals surface area contributed by atoms with E-state index in [-0.39, 0.29) is 0 Å². The molecule has 2 rings (SSSR count). The van der Waals surface area contributed by atoms with Crippen LogP contribution in [0.4, 0.5) is 4.79 Å². The van der Waals surface area contributed by atoms with Crippen molar-refractivity contribution in [1.82, 2.24) is 4.90 Å². The zero-order chi connectivity index (χ0) is 13.1. The molecule has 0 fully saturated rings. The van der Waals surface area contributed by atoms with Gasteiger partial charge < -0.3 is 9.64 Å². The van der Waals surface area contributed by atoms with Crippen molar-refractivity contribution in [3.8, 4) is 5.75 Å². The first-order chi connectivity index (χ1) is 8.61. The summed E-state index contributed by atoms with van der Waals surface area (Å²) in [5.74, 6) is 0.834. The normalized spacial score (nSPS) is 15.4. The summed E-state index contributed by atoms with van der Waals surface area (Å²) in [5.41, 5.74) is 3.01. The molecule has 1 aromatic carbocycles. The molecule has 1 amide bonds. The van der Waals surface area contributed by atoms with Crippen molar-refractivity contribution in [3.63, 3.8) is 0 Å². The van der Waals surface area contributed by atoms with E-state index >= 15 is 0 Å². The van der Waals surface area contributed by atoms with E-state index in [4.69, 9.17) is 9.57 Å². The summed E-state index contributed by atoms with van der Waals surface area (Å²) < 4.78 is 5.17. The second kappa shape index (κ2) is 5.08.